The molecule has 2 aromatic rings. The minimum absolute atomic E-state index is 0.568. The van der Waals surface area contributed by atoms with Gasteiger partial charge in [0.25, 0.3) is 0 Å². The van der Waals surface area contributed by atoms with Crippen LogP contribution in [0.15, 0.2) is 36.7 Å². The Hall–Kier alpha value is -2.10. The number of ether oxygens (including phenoxy) is 2. The number of rotatable bonds is 4. The molecule has 0 atom stereocenters. The van der Waals surface area contributed by atoms with Gasteiger partial charge < -0.3 is 14.3 Å². The predicted octanol–water partition coefficient (Wildman–Crippen LogP) is 2.15. The van der Waals surface area contributed by atoms with Crippen molar-refractivity contribution in [3.63, 3.8) is 0 Å². The molecule has 0 bridgehead atoms. The molecule has 0 aliphatic carbocycles. The van der Waals surface area contributed by atoms with E-state index in [1.54, 1.807) is 38.7 Å². The van der Waals surface area contributed by atoms with Crippen molar-refractivity contribution in [2.24, 2.45) is 0 Å². The highest BCUT2D eigenvalue weighted by atomic mass is 16.7. The molecule has 0 aliphatic rings. The molecule has 0 aliphatic heterocycles. The minimum atomic E-state index is 0.568. The number of methoxy groups -OCH3 is 2. The van der Waals surface area contributed by atoms with Crippen LogP contribution in [0.5, 0.6) is 17.2 Å². The van der Waals surface area contributed by atoms with Crippen LogP contribution < -0.4 is 14.3 Å². The van der Waals surface area contributed by atoms with E-state index in [1.807, 2.05) is 12.1 Å². The zero-order valence-electron chi connectivity index (χ0n) is 9.14. The normalized spacial score (nSPS) is 9.88. The van der Waals surface area contributed by atoms with Crippen LogP contribution in [0, 0.1) is 6.07 Å². The van der Waals surface area contributed by atoms with E-state index < -0.39 is 0 Å². The molecule has 4 nitrogen and oxygen atoms in total. The number of nitrogens with zero attached hydrogens (tertiary/aromatic N) is 1. The molecule has 2 rings (SSSR count). The van der Waals surface area contributed by atoms with E-state index >= 15 is 0 Å². The van der Waals surface area contributed by atoms with Crippen molar-refractivity contribution in [3.8, 4) is 17.2 Å². The molecule has 1 heterocycles. The standard InChI is InChI=1S/C12H12NO3/c1-14-10-6-5-7-11(12(10)15-2)16-13-8-3-4-9-13/h3,5-9H,1-2H3. The SMILES string of the molecule is COc1cccc(On2c[c]cc2)c1OC. The minimum Gasteiger partial charge on any atom is -0.493 e. The van der Waals surface area contributed by atoms with Gasteiger partial charge in [0.1, 0.15) is 0 Å². The van der Waals surface area contributed by atoms with Crippen LogP contribution in [0.1, 0.15) is 0 Å². The van der Waals surface area contributed by atoms with E-state index in [9.17, 15) is 0 Å². The molecule has 4 heteroatoms. The Morgan fingerprint density at radius 3 is 2.56 bits per heavy atom. The Labute approximate surface area is 93.9 Å². The molecule has 0 spiro atoms. The summed E-state index contributed by atoms with van der Waals surface area (Å²) in [6.07, 6.45) is 3.43. The second-order valence-electron chi connectivity index (χ2n) is 3.05. The summed E-state index contributed by atoms with van der Waals surface area (Å²) < 4.78 is 12.0. The number of hydrogen-bond acceptors (Lipinski definition) is 3. The summed E-state index contributed by atoms with van der Waals surface area (Å²) in [7, 11) is 3.16. The number of benzene rings is 1. The molecule has 0 saturated carbocycles. The van der Waals surface area contributed by atoms with Crippen LogP contribution in [0.25, 0.3) is 0 Å². The third kappa shape index (κ3) is 1.95. The summed E-state index contributed by atoms with van der Waals surface area (Å²) in [6, 6.07) is 10.1. The molecular formula is C12H12NO3. The van der Waals surface area contributed by atoms with E-state index in [-0.39, 0.29) is 0 Å². The zero-order chi connectivity index (χ0) is 11.4. The van der Waals surface area contributed by atoms with Crippen LogP contribution in [0.4, 0.5) is 0 Å². The van der Waals surface area contributed by atoms with E-state index in [0.717, 1.165) is 0 Å². The Morgan fingerprint density at radius 2 is 1.94 bits per heavy atom. The molecule has 0 amide bonds. The first-order chi connectivity index (χ1) is 7.85. The van der Waals surface area contributed by atoms with Gasteiger partial charge in [0, 0.05) is 12.3 Å². The maximum atomic E-state index is 5.56. The fraction of sp³-hybridized carbons (Fsp3) is 0.167. The lowest BCUT2D eigenvalue weighted by atomic mass is 10.3. The topological polar surface area (TPSA) is 32.6 Å². The smallest absolute Gasteiger partial charge is 0.206 e. The fourth-order valence-electron chi connectivity index (χ4n) is 1.38. The average Bonchev–Trinajstić information content (AvgIpc) is 2.81. The summed E-state index contributed by atoms with van der Waals surface area (Å²) in [6.45, 7) is 0. The van der Waals surface area contributed by atoms with Crippen LogP contribution in [-0.2, 0) is 0 Å². The van der Waals surface area contributed by atoms with Gasteiger partial charge >= 0.3 is 0 Å². The molecule has 0 fully saturated rings. The lowest BCUT2D eigenvalue weighted by molar-refractivity contribution is 0.203. The number of para-hydroxylation sites is 1. The van der Waals surface area contributed by atoms with Gasteiger partial charge in [-0.2, -0.15) is 4.73 Å². The van der Waals surface area contributed by atoms with Gasteiger partial charge in [0.05, 0.1) is 20.4 Å². The largest absolute Gasteiger partial charge is 0.493 e. The quantitative estimate of drug-likeness (QED) is 0.788. The average molecular weight is 218 g/mol. The molecule has 0 saturated heterocycles. The van der Waals surface area contributed by atoms with E-state index in [0.29, 0.717) is 17.2 Å². The molecular weight excluding hydrogens is 206 g/mol. The van der Waals surface area contributed by atoms with Gasteiger partial charge in [-0.1, -0.05) is 6.07 Å². The van der Waals surface area contributed by atoms with Crippen LogP contribution in [0.3, 0.4) is 0 Å². The summed E-state index contributed by atoms with van der Waals surface area (Å²) >= 11 is 0. The Balaban J connectivity index is 2.33. The molecule has 83 valence electrons. The number of aromatic nitrogens is 1. The third-order valence-corrected chi connectivity index (χ3v) is 2.09. The van der Waals surface area contributed by atoms with Crippen molar-refractivity contribution in [1.29, 1.82) is 0 Å². The molecule has 0 N–H and O–H groups in total. The van der Waals surface area contributed by atoms with Gasteiger partial charge in [-0.05, 0) is 18.2 Å². The van der Waals surface area contributed by atoms with E-state index in [2.05, 4.69) is 6.07 Å². The maximum absolute atomic E-state index is 5.56. The van der Waals surface area contributed by atoms with Crippen LogP contribution in [0.2, 0.25) is 0 Å². The van der Waals surface area contributed by atoms with Crippen molar-refractivity contribution < 1.29 is 14.3 Å². The molecule has 1 aromatic carbocycles. The lowest BCUT2D eigenvalue weighted by Crippen LogP contribution is -2.03. The first kappa shape index (κ1) is 10.4. The Kier molecular flexibility index (Phi) is 3.00. The van der Waals surface area contributed by atoms with Gasteiger partial charge in [0.2, 0.25) is 11.5 Å². The second-order valence-corrected chi connectivity index (χ2v) is 3.05. The molecule has 1 aromatic heterocycles. The van der Waals surface area contributed by atoms with Crippen LogP contribution in [-0.4, -0.2) is 19.0 Å². The third-order valence-electron chi connectivity index (χ3n) is 2.09. The molecule has 16 heavy (non-hydrogen) atoms. The summed E-state index contributed by atoms with van der Waals surface area (Å²) in [5.41, 5.74) is 0. The molecule has 0 unspecified atom stereocenters. The van der Waals surface area contributed by atoms with Crippen molar-refractivity contribution in [2.75, 3.05) is 14.2 Å². The Bertz CT molecular complexity index is 451. The summed E-state index contributed by atoms with van der Waals surface area (Å²) in [4.78, 5) is 5.56. The second kappa shape index (κ2) is 4.61. The number of hydrogen-bond donors (Lipinski definition) is 0. The van der Waals surface area contributed by atoms with Gasteiger partial charge in [-0.3, -0.25) is 0 Å². The highest BCUT2D eigenvalue weighted by Crippen LogP contribution is 2.36. The van der Waals surface area contributed by atoms with Crippen LogP contribution >= 0.6 is 0 Å². The fourth-order valence-corrected chi connectivity index (χ4v) is 1.38. The zero-order valence-corrected chi connectivity index (χ0v) is 9.14. The first-order valence-electron chi connectivity index (χ1n) is 4.78. The highest BCUT2D eigenvalue weighted by molar-refractivity contribution is 5.50. The lowest BCUT2D eigenvalue weighted by Gasteiger charge is -2.12. The van der Waals surface area contributed by atoms with Gasteiger partial charge in [-0.15, -0.1) is 0 Å². The van der Waals surface area contributed by atoms with Crippen molar-refractivity contribution in [1.82, 2.24) is 4.73 Å². The summed E-state index contributed by atoms with van der Waals surface area (Å²) in [5, 5.41) is 0. The van der Waals surface area contributed by atoms with Crippen molar-refractivity contribution in [2.45, 2.75) is 0 Å². The molecule has 1 radical (unpaired) electrons. The van der Waals surface area contributed by atoms with Crippen molar-refractivity contribution >= 4 is 0 Å². The van der Waals surface area contributed by atoms with Crippen molar-refractivity contribution in [3.05, 3.63) is 42.7 Å². The first-order valence-corrected chi connectivity index (χ1v) is 4.78. The maximum Gasteiger partial charge on any atom is 0.206 e. The van der Waals surface area contributed by atoms with Gasteiger partial charge in [0.15, 0.2) is 5.75 Å². The Morgan fingerprint density at radius 1 is 1.12 bits per heavy atom. The summed E-state index contributed by atoms with van der Waals surface area (Å²) in [5.74, 6) is 1.79. The highest BCUT2D eigenvalue weighted by Gasteiger charge is 2.11. The van der Waals surface area contributed by atoms with E-state index in [1.165, 1.54) is 4.73 Å². The predicted molar refractivity (Wildman–Crippen MR) is 58.8 cm³/mol. The monoisotopic (exact) mass is 218 g/mol. The van der Waals surface area contributed by atoms with E-state index in [4.69, 9.17) is 14.3 Å². The van der Waals surface area contributed by atoms with Gasteiger partial charge in [-0.25, -0.2) is 0 Å².